The number of amides is 3. The van der Waals surface area contributed by atoms with E-state index in [1.54, 1.807) is 12.1 Å². The van der Waals surface area contributed by atoms with Gasteiger partial charge in [0.15, 0.2) is 0 Å². The van der Waals surface area contributed by atoms with E-state index < -0.39 is 6.03 Å². The molecule has 2 aromatic rings. The molecule has 0 fully saturated rings. The Morgan fingerprint density at radius 2 is 2.00 bits per heavy atom. The molecule has 0 aliphatic rings. The molecule has 0 bridgehead atoms. The van der Waals surface area contributed by atoms with E-state index >= 15 is 0 Å². The van der Waals surface area contributed by atoms with Crippen LogP contribution >= 0.6 is 0 Å². The van der Waals surface area contributed by atoms with Gasteiger partial charge in [-0.25, -0.2) is 14.8 Å². The minimum absolute atomic E-state index is 0.0762. The predicted octanol–water partition coefficient (Wildman–Crippen LogP) is 0.735. The normalized spacial score (nSPS) is 10.2. The molecule has 1 aromatic carbocycles. The summed E-state index contributed by atoms with van der Waals surface area (Å²) in [5.41, 5.74) is 5.83. The molecule has 0 spiro atoms. The van der Waals surface area contributed by atoms with Gasteiger partial charge in [-0.2, -0.15) is 0 Å². The number of carbonyl (C=O) groups is 2. The number of nitrogens with one attached hydrogen (secondary N) is 1. The van der Waals surface area contributed by atoms with Gasteiger partial charge in [0.2, 0.25) is 0 Å². The van der Waals surface area contributed by atoms with Gasteiger partial charge >= 0.3 is 6.03 Å². The third kappa shape index (κ3) is 3.21. The maximum absolute atomic E-state index is 11.8. The number of para-hydroxylation sites is 1. The topological polar surface area (TPSA) is 109 Å². The third-order valence-corrected chi connectivity index (χ3v) is 2.69. The van der Waals surface area contributed by atoms with Gasteiger partial charge in [-0.05, 0) is 12.1 Å². The first-order valence-electron chi connectivity index (χ1n) is 5.98. The Kier molecular flexibility index (Phi) is 4.11. The van der Waals surface area contributed by atoms with Crippen molar-refractivity contribution in [1.29, 1.82) is 0 Å². The zero-order valence-corrected chi connectivity index (χ0v) is 10.6. The number of fused-ring (bicyclic) bond motifs is 1. The summed E-state index contributed by atoms with van der Waals surface area (Å²) in [5, 5.41) is 12.9. The van der Waals surface area contributed by atoms with E-state index in [0.717, 1.165) is 10.9 Å². The maximum Gasteiger partial charge on any atom is 0.338 e. The Bertz CT molecular complexity index is 644. The maximum atomic E-state index is 11.8. The summed E-state index contributed by atoms with van der Waals surface area (Å²) in [7, 11) is 0. The van der Waals surface area contributed by atoms with Crippen molar-refractivity contribution in [2.45, 2.75) is 0 Å². The fourth-order valence-corrected chi connectivity index (χ4v) is 1.67. The largest absolute Gasteiger partial charge is 0.350 e. The molecule has 7 heteroatoms. The van der Waals surface area contributed by atoms with Crippen molar-refractivity contribution in [3.63, 3.8) is 0 Å². The molecule has 0 aliphatic carbocycles. The minimum Gasteiger partial charge on any atom is -0.350 e. The Balaban J connectivity index is 1.99. The van der Waals surface area contributed by atoms with Gasteiger partial charge < -0.3 is 11.1 Å². The van der Waals surface area contributed by atoms with Crippen molar-refractivity contribution in [2.75, 3.05) is 13.1 Å². The van der Waals surface area contributed by atoms with Gasteiger partial charge in [-0.15, -0.1) is 0 Å². The second kappa shape index (κ2) is 5.98. The molecule has 2 rings (SSSR count). The van der Waals surface area contributed by atoms with E-state index in [9.17, 15) is 9.59 Å². The molecule has 0 radical (unpaired) electrons. The lowest BCUT2D eigenvalue weighted by molar-refractivity contribution is -0.0376. The van der Waals surface area contributed by atoms with Crippen molar-refractivity contribution in [3.8, 4) is 0 Å². The summed E-state index contributed by atoms with van der Waals surface area (Å²) in [5.74, 6) is -0.381. The number of nitrogens with zero attached hydrogens (tertiary/aromatic N) is 2. The fourth-order valence-electron chi connectivity index (χ4n) is 1.67. The van der Waals surface area contributed by atoms with Crippen molar-refractivity contribution in [3.05, 3.63) is 42.1 Å². The SMILES string of the molecule is NC(=O)N(O)CCNC(=O)c1ccc2ccccc2n1. The van der Waals surface area contributed by atoms with E-state index in [4.69, 9.17) is 10.9 Å². The zero-order valence-electron chi connectivity index (χ0n) is 10.6. The van der Waals surface area contributed by atoms with Crippen LogP contribution in [0, 0.1) is 0 Å². The van der Waals surface area contributed by atoms with E-state index in [1.807, 2.05) is 24.3 Å². The number of hydroxylamine groups is 2. The van der Waals surface area contributed by atoms with Crippen molar-refractivity contribution in [2.24, 2.45) is 5.73 Å². The monoisotopic (exact) mass is 274 g/mol. The number of hydrogen-bond donors (Lipinski definition) is 3. The van der Waals surface area contributed by atoms with E-state index in [2.05, 4.69) is 10.3 Å². The summed E-state index contributed by atoms with van der Waals surface area (Å²) in [6.45, 7) is -0.0125. The van der Waals surface area contributed by atoms with Crippen LogP contribution in [0.3, 0.4) is 0 Å². The van der Waals surface area contributed by atoms with Crippen LogP contribution in [0.25, 0.3) is 10.9 Å². The number of primary amides is 1. The van der Waals surface area contributed by atoms with Crippen LogP contribution in [-0.2, 0) is 0 Å². The second-order valence-electron chi connectivity index (χ2n) is 4.11. The van der Waals surface area contributed by atoms with E-state index in [-0.39, 0.29) is 24.7 Å². The van der Waals surface area contributed by atoms with Crippen molar-refractivity contribution < 1.29 is 14.8 Å². The number of urea groups is 1. The van der Waals surface area contributed by atoms with Gasteiger partial charge in [0.1, 0.15) is 5.69 Å². The summed E-state index contributed by atoms with van der Waals surface area (Å²) < 4.78 is 0. The Labute approximate surface area is 115 Å². The van der Waals surface area contributed by atoms with Crippen LogP contribution < -0.4 is 11.1 Å². The smallest absolute Gasteiger partial charge is 0.338 e. The molecule has 20 heavy (non-hydrogen) atoms. The van der Waals surface area contributed by atoms with Gasteiger partial charge in [-0.3, -0.25) is 10.0 Å². The highest BCUT2D eigenvalue weighted by molar-refractivity contribution is 5.94. The minimum atomic E-state index is -0.969. The zero-order chi connectivity index (χ0) is 14.5. The lowest BCUT2D eigenvalue weighted by Gasteiger charge is -2.12. The fraction of sp³-hybridized carbons (Fsp3) is 0.154. The van der Waals surface area contributed by atoms with Crippen LogP contribution in [0.2, 0.25) is 0 Å². The number of aromatic nitrogens is 1. The Hall–Kier alpha value is -2.67. The molecular formula is C13H14N4O3. The highest BCUT2D eigenvalue weighted by atomic mass is 16.5. The Morgan fingerprint density at radius 1 is 1.25 bits per heavy atom. The first kappa shape index (κ1) is 13.8. The number of hydrogen-bond acceptors (Lipinski definition) is 4. The molecule has 4 N–H and O–H groups in total. The molecule has 104 valence electrons. The van der Waals surface area contributed by atoms with Crippen LogP contribution in [0.1, 0.15) is 10.5 Å². The molecule has 1 aromatic heterocycles. The molecule has 0 aliphatic heterocycles. The average molecular weight is 274 g/mol. The summed E-state index contributed by atoms with van der Waals surface area (Å²) >= 11 is 0. The molecule has 3 amide bonds. The molecule has 0 saturated heterocycles. The first-order chi connectivity index (χ1) is 9.58. The summed E-state index contributed by atoms with van der Waals surface area (Å²) in [4.78, 5) is 26.6. The Morgan fingerprint density at radius 3 is 2.75 bits per heavy atom. The molecule has 0 atom stereocenters. The van der Waals surface area contributed by atoms with Gasteiger partial charge in [0.25, 0.3) is 5.91 Å². The lowest BCUT2D eigenvalue weighted by atomic mass is 10.2. The van der Waals surface area contributed by atoms with Crippen LogP contribution in [0.5, 0.6) is 0 Å². The highest BCUT2D eigenvalue weighted by Crippen LogP contribution is 2.11. The molecule has 0 saturated carbocycles. The first-order valence-corrected chi connectivity index (χ1v) is 5.98. The molecule has 7 nitrogen and oxygen atoms in total. The molecule has 0 unspecified atom stereocenters. The summed E-state index contributed by atoms with van der Waals surface area (Å²) in [6, 6.07) is 9.90. The van der Waals surface area contributed by atoms with E-state index in [1.165, 1.54) is 0 Å². The number of nitrogens with two attached hydrogens (primary N) is 1. The second-order valence-corrected chi connectivity index (χ2v) is 4.11. The van der Waals surface area contributed by atoms with Crippen molar-refractivity contribution in [1.82, 2.24) is 15.4 Å². The van der Waals surface area contributed by atoms with Gasteiger partial charge in [0, 0.05) is 11.9 Å². The van der Waals surface area contributed by atoms with Crippen LogP contribution in [-0.4, -0.2) is 40.3 Å². The van der Waals surface area contributed by atoms with Crippen molar-refractivity contribution >= 4 is 22.8 Å². The lowest BCUT2D eigenvalue weighted by Crippen LogP contribution is -2.39. The van der Waals surface area contributed by atoms with Gasteiger partial charge in [0.05, 0.1) is 12.1 Å². The number of pyridine rings is 1. The average Bonchev–Trinajstić information content (AvgIpc) is 2.46. The number of benzene rings is 1. The summed E-state index contributed by atoms with van der Waals surface area (Å²) in [6.07, 6.45) is 0. The van der Waals surface area contributed by atoms with E-state index in [0.29, 0.717) is 5.06 Å². The molecular weight excluding hydrogens is 260 g/mol. The van der Waals surface area contributed by atoms with Crippen LogP contribution in [0.15, 0.2) is 36.4 Å². The van der Waals surface area contributed by atoms with Gasteiger partial charge in [-0.1, -0.05) is 24.3 Å². The quantitative estimate of drug-likeness (QED) is 0.564. The predicted molar refractivity (Wildman–Crippen MR) is 72.2 cm³/mol. The highest BCUT2D eigenvalue weighted by Gasteiger charge is 2.09. The third-order valence-electron chi connectivity index (χ3n) is 2.69. The molecule has 1 heterocycles. The van der Waals surface area contributed by atoms with Crippen LogP contribution in [0.4, 0.5) is 4.79 Å². The standard InChI is InChI=1S/C13H14N4O3/c14-13(19)17(20)8-7-15-12(18)11-6-5-9-3-1-2-4-10(9)16-11/h1-6,20H,7-8H2,(H2,14,19)(H,15,18). The number of rotatable bonds is 4. The number of carbonyl (C=O) groups excluding carboxylic acids is 2.